The summed E-state index contributed by atoms with van der Waals surface area (Å²) in [6.07, 6.45) is 4.90. The molecule has 7 heteroatoms. The lowest BCUT2D eigenvalue weighted by atomic mass is 10.1. The van der Waals surface area contributed by atoms with Crippen molar-refractivity contribution in [2.75, 3.05) is 17.9 Å². The molecule has 0 spiro atoms. The number of hydrogen-bond donors (Lipinski definition) is 2. The largest absolute Gasteiger partial charge is 0.376 e. The summed E-state index contributed by atoms with van der Waals surface area (Å²) in [5, 5.41) is 2.84. The van der Waals surface area contributed by atoms with Gasteiger partial charge in [0.1, 0.15) is 0 Å². The molecule has 0 bridgehead atoms. The van der Waals surface area contributed by atoms with Gasteiger partial charge in [0.25, 0.3) is 15.9 Å². The Bertz CT molecular complexity index is 982. The second-order valence-electron chi connectivity index (χ2n) is 7.28. The number of sulfonamides is 1. The van der Waals surface area contributed by atoms with E-state index in [0.29, 0.717) is 12.1 Å². The predicted octanol–water partition coefficient (Wildman–Crippen LogP) is 2.88. The van der Waals surface area contributed by atoms with Crippen molar-refractivity contribution < 1.29 is 17.9 Å². The highest BCUT2D eigenvalue weighted by atomic mass is 32.2. The van der Waals surface area contributed by atoms with E-state index >= 15 is 0 Å². The molecule has 148 valence electrons. The molecule has 6 nitrogen and oxygen atoms in total. The highest BCUT2D eigenvalue weighted by Gasteiger charge is 2.22. The van der Waals surface area contributed by atoms with Gasteiger partial charge in [-0.05, 0) is 67.5 Å². The Hall–Kier alpha value is -2.38. The fourth-order valence-corrected chi connectivity index (χ4v) is 4.93. The number of rotatable bonds is 6. The summed E-state index contributed by atoms with van der Waals surface area (Å²) in [6, 6.07) is 11.9. The monoisotopic (exact) mass is 400 g/mol. The smallest absolute Gasteiger partial charge is 0.261 e. The van der Waals surface area contributed by atoms with E-state index in [1.165, 1.54) is 5.56 Å². The minimum atomic E-state index is -3.78. The molecule has 1 aliphatic carbocycles. The Morgan fingerprint density at radius 2 is 1.89 bits per heavy atom. The number of fused-ring (bicyclic) bond motifs is 1. The molecule has 0 saturated carbocycles. The molecular formula is C21H24N2O4S. The Balaban J connectivity index is 1.52. The first-order chi connectivity index (χ1) is 13.5. The number of benzene rings is 2. The third kappa shape index (κ3) is 4.05. The van der Waals surface area contributed by atoms with Crippen molar-refractivity contribution in [1.82, 2.24) is 5.32 Å². The standard InChI is InChI=1S/C21H24N2O4S/c24-21(22-14-17-7-4-12-27-17)19-8-1-2-9-20(19)23-28(25,26)18-11-10-15-5-3-6-16(15)13-18/h1-2,8-11,13,17,23H,3-7,12,14H2,(H,22,24). The van der Waals surface area contributed by atoms with Gasteiger partial charge in [0.05, 0.1) is 22.3 Å². The van der Waals surface area contributed by atoms with E-state index in [0.717, 1.165) is 44.3 Å². The second-order valence-corrected chi connectivity index (χ2v) is 8.96. The van der Waals surface area contributed by atoms with E-state index in [2.05, 4.69) is 10.0 Å². The van der Waals surface area contributed by atoms with Crippen LogP contribution in [0.25, 0.3) is 0 Å². The molecule has 2 aliphatic rings. The van der Waals surface area contributed by atoms with E-state index in [1.54, 1.807) is 36.4 Å². The molecule has 2 aromatic rings. The minimum absolute atomic E-state index is 0.0271. The molecule has 1 fully saturated rings. The third-order valence-electron chi connectivity index (χ3n) is 5.31. The van der Waals surface area contributed by atoms with Crippen molar-refractivity contribution >= 4 is 21.6 Å². The molecule has 4 rings (SSSR count). The number of amides is 1. The third-order valence-corrected chi connectivity index (χ3v) is 6.67. The number of carbonyl (C=O) groups is 1. The van der Waals surface area contributed by atoms with E-state index in [4.69, 9.17) is 4.74 Å². The lowest BCUT2D eigenvalue weighted by Crippen LogP contribution is -2.32. The number of nitrogens with one attached hydrogen (secondary N) is 2. The average Bonchev–Trinajstić information content (AvgIpc) is 3.37. The molecule has 1 unspecified atom stereocenters. The molecule has 2 N–H and O–H groups in total. The van der Waals surface area contributed by atoms with Crippen LogP contribution in [0.2, 0.25) is 0 Å². The number of anilines is 1. The molecule has 1 atom stereocenters. The Morgan fingerprint density at radius 3 is 2.71 bits per heavy atom. The van der Waals surface area contributed by atoms with Gasteiger partial charge in [0.15, 0.2) is 0 Å². The van der Waals surface area contributed by atoms with Crippen molar-refractivity contribution in [3.8, 4) is 0 Å². The van der Waals surface area contributed by atoms with Crippen LogP contribution in [0.3, 0.4) is 0 Å². The predicted molar refractivity (Wildman–Crippen MR) is 107 cm³/mol. The van der Waals surface area contributed by atoms with Crippen molar-refractivity contribution in [3.05, 3.63) is 59.2 Å². The topological polar surface area (TPSA) is 84.5 Å². The Morgan fingerprint density at radius 1 is 1.07 bits per heavy atom. The van der Waals surface area contributed by atoms with Gasteiger partial charge < -0.3 is 10.1 Å². The van der Waals surface area contributed by atoms with E-state index < -0.39 is 10.0 Å². The summed E-state index contributed by atoms with van der Waals surface area (Å²) in [6.45, 7) is 1.14. The lowest BCUT2D eigenvalue weighted by molar-refractivity contribution is 0.0858. The maximum atomic E-state index is 12.9. The van der Waals surface area contributed by atoms with Crippen molar-refractivity contribution in [2.45, 2.75) is 43.1 Å². The summed E-state index contributed by atoms with van der Waals surface area (Å²) in [5.74, 6) is -0.317. The number of para-hydroxylation sites is 1. The molecule has 1 aliphatic heterocycles. The van der Waals surface area contributed by atoms with Gasteiger partial charge in [-0.25, -0.2) is 8.42 Å². The average molecular weight is 401 g/mol. The first-order valence-electron chi connectivity index (χ1n) is 9.66. The highest BCUT2D eigenvalue weighted by Crippen LogP contribution is 2.26. The zero-order chi connectivity index (χ0) is 19.6. The van der Waals surface area contributed by atoms with Crippen LogP contribution in [0.15, 0.2) is 47.4 Å². The normalized spacial score (nSPS) is 18.6. The number of ether oxygens (including phenoxy) is 1. The molecule has 1 heterocycles. The summed E-state index contributed by atoms with van der Waals surface area (Å²) < 4.78 is 33.9. The van der Waals surface area contributed by atoms with Crippen LogP contribution in [0.5, 0.6) is 0 Å². The molecule has 0 aromatic heterocycles. The highest BCUT2D eigenvalue weighted by molar-refractivity contribution is 7.92. The van der Waals surface area contributed by atoms with Crippen LogP contribution in [-0.2, 0) is 27.6 Å². The first kappa shape index (κ1) is 19.0. The lowest BCUT2D eigenvalue weighted by Gasteiger charge is -2.15. The van der Waals surface area contributed by atoms with Gasteiger partial charge in [-0.1, -0.05) is 18.2 Å². The van der Waals surface area contributed by atoms with Crippen molar-refractivity contribution in [2.24, 2.45) is 0 Å². The van der Waals surface area contributed by atoms with Gasteiger partial charge in [0, 0.05) is 13.2 Å². The minimum Gasteiger partial charge on any atom is -0.376 e. The van der Waals surface area contributed by atoms with Crippen LogP contribution in [0.1, 0.15) is 40.7 Å². The molecule has 28 heavy (non-hydrogen) atoms. The maximum absolute atomic E-state index is 12.9. The summed E-state index contributed by atoms with van der Waals surface area (Å²) in [7, 11) is -3.78. The summed E-state index contributed by atoms with van der Waals surface area (Å²) in [4.78, 5) is 12.8. The van der Waals surface area contributed by atoms with Gasteiger partial charge in [0.2, 0.25) is 0 Å². The SMILES string of the molecule is O=C(NCC1CCCO1)c1ccccc1NS(=O)(=O)c1ccc2c(c1)CCC2. The molecule has 2 aromatic carbocycles. The van der Waals surface area contributed by atoms with Crippen LogP contribution in [-0.4, -0.2) is 33.6 Å². The van der Waals surface area contributed by atoms with Crippen LogP contribution in [0, 0.1) is 0 Å². The zero-order valence-corrected chi connectivity index (χ0v) is 16.4. The van der Waals surface area contributed by atoms with Gasteiger partial charge in [-0.15, -0.1) is 0 Å². The van der Waals surface area contributed by atoms with Gasteiger partial charge in [-0.2, -0.15) is 0 Å². The fraction of sp³-hybridized carbons (Fsp3) is 0.381. The number of aryl methyl sites for hydroxylation is 2. The van der Waals surface area contributed by atoms with Crippen LogP contribution < -0.4 is 10.0 Å². The zero-order valence-electron chi connectivity index (χ0n) is 15.6. The van der Waals surface area contributed by atoms with Crippen LogP contribution >= 0.6 is 0 Å². The summed E-state index contributed by atoms with van der Waals surface area (Å²) >= 11 is 0. The molecular weight excluding hydrogens is 376 g/mol. The van der Waals surface area contributed by atoms with E-state index in [-0.39, 0.29) is 22.6 Å². The molecule has 1 saturated heterocycles. The number of hydrogen-bond acceptors (Lipinski definition) is 4. The van der Waals surface area contributed by atoms with Gasteiger partial charge in [-0.3, -0.25) is 9.52 Å². The van der Waals surface area contributed by atoms with E-state index in [9.17, 15) is 13.2 Å². The molecule has 0 radical (unpaired) electrons. The first-order valence-corrected chi connectivity index (χ1v) is 11.1. The Kier molecular flexibility index (Phi) is 5.37. The fourth-order valence-electron chi connectivity index (χ4n) is 3.80. The molecule has 1 amide bonds. The van der Waals surface area contributed by atoms with Gasteiger partial charge >= 0.3 is 0 Å². The second kappa shape index (κ2) is 7.93. The van der Waals surface area contributed by atoms with Crippen molar-refractivity contribution in [3.63, 3.8) is 0 Å². The quantitative estimate of drug-likeness (QED) is 0.781. The van der Waals surface area contributed by atoms with E-state index in [1.807, 2.05) is 6.07 Å². The summed E-state index contributed by atoms with van der Waals surface area (Å²) in [5.41, 5.74) is 2.87. The van der Waals surface area contributed by atoms with Crippen LogP contribution in [0.4, 0.5) is 5.69 Å². The Labute approximate surface area is 165 Å². The maximum Gasteiger partial charge on any atom is 0.261 e. The van der Waals surface area contributed by atoms with Crippen molar-refractivity contribution in [1.29, 1.82) is 0 Å². The number of carbonyl (C=O) groups excluding carboxylic acids is 1.